The van der Waals surface area contributed by atoms with Crippen molar-refractivity contribution in [3.63, 3.8) is 0 Å². The van der Waals surface area contributed by atoms with Gasteiger partial charge in [-0.25, -0.2) is 0 Å². The molecule has 0 radical (unpaired) electrons. The molecule has 1 fully saturated rings. The number of benzene rings is 1. The number of hydrogen-bond acceptors (Lipinski definition) is 7. The Morgan fingerprint density at radius 2 is 1.89 bits per heavy atom. The number of imide groups is 1. The summed E-state index contributed by atoms with van der Waals surface area (Å²) < 4.78 is 5.27. The summed E-state index contributed by atoms with van der Waals surface area (Å²) in [5, 5.41) is 19.3. The van der Waals surface area contributed by atoms with Gasteiger partial charge in [-0.3, -0.25) is 28.9 Å². The zero-order valence-electron chi connectivity index (χ0n) is 20.1. The van der Waals surface area contributed by atoms with Gasteiger partial charge >= 0.3 is 5.97 Å². The number of halogens is 1. The fourth-order valence-corrected chi connectivity index (χ4v) is 6.37. The van der Waals surface area contributed by atoms with Gasteiger partial charge in [0.2, 0.25) is 11.8 Å². The standard InChI is InChI=1S/C27H24ClNO8/c1-11-7-18(30)16-10-15-13(3-4-14-22(15)27(36)29(26(14)35)6-5-20(31)32)21(23(16)24(11)33)12-8-17(28)25(34)19(9-12)37-2/h3,7-9,14-15,21-22,34H,4-6,10H2,1-2H3,(H,31,32)/t14-,15+,21-,22-/m0/s1. The van der Waals surface area contributed by atoms with E-state index >= 15 is 0 Å². The van der Waals surface area contributed by atoms with E-state index in [0.717, 1.165) is 10.5 Å². The van der Waals surface area contributed by atoms with Gasteiger partial charge in [0.15, 0.2) is 23.1 Å². The van der Waals surface area contributed by atoms with Crippen LogP contribution in [0.25, 0.3) is 0 Å². The first-order valence-electron chi connectivity index (χ1n) is 11.9. The topological polar surface area (TPSA) is 138 Å². The second-order valence-corrected chi connectivity index (χ2v) is 10.2. The van der Waals surface area contributed by atoms with Crippen LogP contribution in [0.5, 0.6) is 11.5 Å². The molecule has 4 aliphatic rings. The number of nitrogens with zero attached hydrogens (tertiary/aromatic N) is 1. The minimum atomic E-state index is -1.12. The molecule has 4 atom stereocenters. The summed E-state index contributed by atoms with van der Waals surface area (Å²) in [5.41, 5.74) is 2.12. The first-order chi connectivity index (χ1) is 17.5. The monoisotopic (exact) mass is 525 g/mol. The third kappa shape index (κ3) is 3.80. The summed E-state index contributed by atoms with van der Waals surface area (Å²) >= 11 is 6.29. The maximum atomic E-state index is 13.4. The zero-order chi connectivity index (χ0) is 26.8. The number of amides is 2. The van der Waals surface area contributed by atoms with Gasteiger partial charge in [-0.2, -0.15) is 0 Å². The number of rotatable bonds is 5. The Kier molecular flexibility index (Phi) is 6.06. The lowest BCUT2D eigenvalue weighted by Gasteiger charge is -2.42. The molecule has 1 saturated heterocycles. The van der Waals surface area contributed by atoms with Gasteiger partial charge in [-0.05, 0) is 49.5 Å². The van der Waals surface area contributed by atoms with Gasteiger partial charge in [-0.15, -0.1) is 0 Å². The van der Waals surface area contributed by atoms with Crippen molar-refractivity contribution in [3.8, 4) is 11.5 Å². The fraction of sp³-hybridized carbons (Fsp3) is 0.370. The number of methoxy groups -OCH3 is 1. The summed E-state index contributed by atoms with van der Waals surface area (Å²) in [4.78, 5) is 65.2. The molecule has 10 heteroatoms. The minimum Gasteiger partial charge on any atom is -0.503 e. The van der Waals surface area contributed by atoms with Crippen LogP contribution in [0.2, 0.25) is 5.02 Å². The summed E-state index contributed by atoms with van der Waals surface area (Å²) in [5.74, 6) is -5.51. The summed E-state index contributed by atoms with van der Waals surface area (Å²) in [7, 11) is 1.37. The number of carbonyl (C=O) groups is 5. The molecule has 2 amide bonds. The smallest absolute Gasteiger partial charge is 0.305 e. The summed E-state index contributed by atoms with van der Waals surface area (Å²) in [6.07, 6.45) is 3.14. The van der Waals surface area contributed by atoms with E-state index in [0.29, 0.717) is 16.7 Å². The molecule has 37 heavy (non-hydrogen) atoms. The van der Waals surface area contributed by atoms with E-state index in [4.69, 9.17) is 21.4 Å². The van der Waals surface area contributed by atoms with E-state index in [-0.39, 0.29) is 59.5 Å². The number of aliphatic carboxylic acids is 1. The van der Waals surface area contributed by atoms with Crippen molar-refractivity contribution in [1.82, 2.24) is 4.90 Å². The number of allylic oxidation sites excluding steroid dienone is 6. The second-order valence-electron chi connectivity index (χ2n) is 9.75. The number of aromatic hydroxyl groups is 1. The normalized spacial score (nSPS) is 26.9. The van der Waals surface area contributed by atoms with E-state index in [1.165, 1.54) is 19.3 Å². The van der Waals surface area contributed by atoms with Crippen molar-refractivity contribution in [3.05, 3.63) is 57.2 Å². The number of carboxylic acids is 1. The molecule has 1 aromatic carbocycles. The van der Waals surface area contributed by atoms with E-state index in [1.807, 2.05) is 6.08 Å². The van der Waals surface area contributed by atoms with E-state index in [2.05, 4.69) is 0 Å². The number of phenols is 1. The Labute approximate surface area is 217 Å². The molecule has 0 unspecified atom stereocenters. The predicted molar refractivity (Wildman–Crippen MR) is 130 cm³/mol. The summed E-state index contributed by atoms with van der Waals surface area (Å²) in [6.45, 7) is 1.35. The minimum absolute atomic E-state index is 0.00160. The number of likely N-dealkylation sites (tertiary alicyclic amines) is 1. The number of fused-ring (bicyclic) bond motifs is 3. The highest BCUT2D eigenvalue weighted by molar-refractivity contribution is 6.32. The quantitative estimate of drug-likeness (QED) is 0.340. The first-order valence-corrected chi connectivity index (χ1v) is 12.3. The maximum Gasteiger partial charge on any atom is 0.305 e. The average molecular weight is 526 g/mol. The maximum absolute atomic E-state index is 13.4. The molecule has 0 spiro atoms. The van der Waals surface area contributed by atoms with E-state index < -0.39 is 41.5 Å². The van der Waals surface area contributed by atoms with E-state index in [1.54, 1.807) is 13.0 Å². The molecule has 5 rings (SSSR count). The number of ketones is 2. The molecule has 192 valence electrons. The van der Waals surface area contributed by atoms with Crippen LogP contribution in [-0.4, -0.2) is 58.1 Å². The molecule has 3 aliphatic carbocycles. The van der Waals surface area contributed by atoms with E-state index in [9.17, 15) is 29.1 Å². The largest absolute Gasteiger partial charge is 0.503 e. The molecule has 1 aliphatic heterocycles. The van der Waals surface area contributed by atoms with Crippen molar-refractivity contribution in [2.45, 2.75) is 32.1 Å². The van der Waals surface area contributed by atoms with Crippen LogP contribution in [0.15, 0.2) is 46.6 Å². The molecule has 2 N–H and O–H groups in total. The summed E-state index contributed by atoms with van der Waals surface area (Å²) in [6, 6.07) is 3.06. The highest BCUT2D eigenvalue weighted by Crippen LogP contribution is 2.56. The van der Waals surface area contributed by atoms with Crippen molar-refractivity contribution in [2.75, 3.05) is 13.7 Å². The van der Waals surface area contributed by atoms with Crippen molar-refractivity contribution < 1.29 is 38.9 Å². The Morgan fingerprint density at radius 3 is 2.57 bits per heavy atom. The van der Waals surface area contributed by atoms with Crippen LogP contribution in [0.4, 0.5) is 0 Å². The van der Waals surface area contributed by atoms with Gasteiger partial charge in [0.25, 0.3) is 0 Å². The van der Waals surface area contributed by atoms with Crippen LogP contribution < -0.4 is 4.74 Å². The van der Waals surface area contributed by atoms with Crippen LogP contribution in [0.1, 0.15) is 37.7 Å². The lowest BCUT2D eigenvalue weighted by Crippen LogP contribution is -2.40. The Morgan fingerprint density at radius 1 is 1.16 bits per heavy atom. The Bertz CT molecular complexity index is 1390. The van der Waals surface area contributed by atoms with Crippen molar-refractivity contribution in [2.24, 2.45) is 17.8 Å². The van der Waals surface area contributed by atoms with Crippen molar-refractivity contribution >= 4 is 41.0 Å². The molecule has 1 heterocycles. The third-order valence-electron chi connectivity index (χ3n) is 7.81. The highest BCUT2D eigenvalue weighted by atomic mass is 35.5. The fourth-order valence-electron chi connectivity index (χ4n) is 6.15. The van der Waals surface area contributed by atoms with Crippen LogP contribution in [0.3, 0.4) is 0 Å². The first kappa shape index (κ1) is 25.0. The van der Waals surface area contributed by atoms with Gasteiger partial charge in [0, 0.05) is 29.2 Å². The van der Waals surface area contributed by atoms with Gasteiger partial charge in [0.05, 0.1) is 30.4 Å². The molecular weight excluding hydrogens is 502 g/mol. The second kappa shape index (κ2) is 8.99. The number of ether oxygens (including phenoxy) is 1. The number of Topliss-reactive ketones (excluding diaryl/α,β-unsaturated/α-hetero) is 1. The molecular formula is C27H24ClNO8. The predicted octanol–water partition coefficient (Wildman–Crippen LogP) is 2.96. The van der Waals surface area contributed by atoms with Crippen molar-refractivity contribution in [1.29, 1.82) is 0 Å². The molecule has 9 nitrogen and oxygen atoms in total. The Balaban J connectivity index is 1.65. The number of carbonyl (C=O) groups excluding carboxylic acids is 4. The number of carboxylic acid groups (broad SMARTS) is 1. The Hall–Kier alpha value is -3.72. The van der Waals surface area contributed by atoms with Gasteiger partial charge < -0.3 is 14.9 Å². The molecule has 0 bridgehead atoms. The van der Waals surface area contributed by atoms with Gasteiger partial charge in [-0.1, -0.05) is 23.3 Å². The molecule has 1 aromatic rings. The lowest BCUT2D eigenvalue weighted by atomic mass is 9.59. The lowest BCUT2D eigenvalue weighted by molar-refractivity contribution is -0.142. The molecule has 0 aromatic heterocycles. The average Bonchev–Trinajstić information content (AvgIpc) is 3.10. The zero-order valence-corrected chi connectivity index (χ0v) is 20.9. The number of hydrogen-bond donors (Lipinski definition) is 2. The third-order valence-corrected chi connectivity index (χ3v) is 8.10. The number of phenolic OH excluding ortho intramolecular Hbond substituents is 1. The molecule has 0 saturated carbocycles. The van der Waals surface area contributed by atoms with Crippen LogP contribution in [0, 0.1) is 17.8 Å². The van der Waals surface area contributed by atoms with Gasteiger partial charge in [0.1, 0.15) is 0 Å². The SMILES string of the molecule is COc1cc([C@H]2C3=CC[C@@H]4C(=O)N(CCC(=O)O)C(=O)[C@@H]4[C@@H]3CC3=C2C(=O)C(C)=CC3=O)cc(Cl)c1O. The van der Waals surface area contributed by atoms with Crippen LogP contribution >= 0.6 is 11.6 Å². The highest BCUT2D eigenvalue weighted by Gasteiger charge is 2.56. The van der Waals surface area contributed by atoms with Crippen LogP contribution in [-0.2, 0) is 24.0 Å².